The zero-order valence-corrected chi connectivity index (χ0v) is 7.09. The van der Waals surface area contributed by atoms with E-state index in [1.807, 2.05) is 7.05 Å². The number of nitrogens with one attached hydrogen (secondary N) is 3. The Morgan fingerprint density at radius 1 is 1.70 bits per heavy atom. The van der Waals surface area contributed by atoms with Crippen LogP contribution in [0.2, 0.25) is 0 Å². The van der Waals surface area contributed by atoms with Crippen molar-refractivity contribution in [2.24, 2.45) is 5.92 Å². The molecule has 3 nitrogen and oxygen atoms in total. The van der Waals surface area contributed by atoms with Crippen molar-refractivity contribution in [3.8, 4) is 0 Å². The summed E-state index contributed by atoms with van der Waals surface area (Å²) in [5.41, 5.74) is 0. The molecule has 10 heavy (non-hydrogen) atoms. The third-order valence-corrected chi connectivity index (χ3v) is 1.72. The van der Waals surface area contributed by atoms with E-state index in [4.69, 9.17) is 17.6 Å². The lowest BCUT2D eigenvalue weighted by molar-refractivity contribution is 0.753. The van der Waals surface area contributed by atoms with Crippen molar-refractivity contribution in [3.05, 3.63) is 0 Å². The smallest absolute Gasteiger partial charge is 0.0848 e. The minimum absolute atomic E-state index is 0.0324. The minimum atomic E-state index is 0.0324. The maximum atomic E-state index is 7.00. The molecule has 0 rings (SSSR count). The molecule has 0 saturated carbocycles. The van der Waals surface area contributed by atoms with Gasteiger partial charge in [-0.2, -0.15) is 0 Å². The third kappa shape index (κ3) is 2.89. The second kappa shape index (κ2) is 5.32. The molecule has 0 saturated heterocycles. The Morgan fingerprint density at radius 2 is 2.30 bits per heavy atom. The van der Waals surface area contributed by atoms with E-state index < -0.39 is 0 Å². The molecule has 0 bridgehead atoms. The summed E-state index contributed by atoms with van der Waals surface area (Å²) in [5, 5.41) is 12.8. The van der Waals surface area contributed by atoms with Crippen molar-refractivity contribution >= 4 is 23.4 Å². The molecule has 0 aromatic heterocycles. The summed E-state index contributed by atoms with van der Waals surface area (Å²) in [6, 6.07) is 0. The second-order valence-electron chi connectivity index (χ2n) is 1.95. The molecule has 0 amide bonds. The van der Waals surface area contributed by atoms with Crippen molar-refractivity contribution in [2.45, 2.75) is 0 Å². The lowest BCUT2D eigenvalue weighted by Crippen LogP contribution is -2.33. The van der Waals surface area contributed by atoms with Gasteiger partial charge >= 0.3 is 0 Å². The second-order valence-corrected chi connectivity index (χ2v) is 2.38. The lowest BCUT2D eigenvalue weighted by Gasteiger charge is -2.10. The van der Waals surface area contributed by atoms with Crippen LogP contribution in [0.5, 0.6) is 0 Å². The van der Waals surface area contributed by atoms with Gasteiger partial charge in [-0.25, -0.2) is 0 Å². The van der Waals surface area contributed by atoms with Crippen LogP contribution in [-0.2, 0) is 0 Å². The van der Waals surface area contributed by atoms with E-state index in [-0.39, 0.29) is 5.92 Å². The van der Waals surface area contributed by atoms with Gasteiger partial charge in [0.1, 0.15) is 0 Å². The van der Waals surface area contributed by atoms with E-state index in [1.54, 1.807) is 7.05 Å². The molecule has 0 spiro atoms. The van der Waals surface area contributed by atoms with Crippen LogP contribution in [0, 0.1) is 11.3 Å². The Balaban J connectivity index is 3.80. The molecule has 3 N–H and O–H groups in total. The molecule has 0 radical (unpaired) electrons. The first kappa shape index (κ1) is 9.52. The highest BCUT2D eigenvalue weighted by atomic mass is 32.1. The largest absolute Gasteiger partial charge is 0.382 e. The fraction of sp³-hybridized carbons (Fsp3) is 0.667. The monoisotopic (exact) mass is 159 g/mol. The predicted molar refractivity (Wildman–Crippen MR) is 47.9 cm³/mol. The molecular formula is C6H13N3S. The maximum Gasteiger partial charge on any atom is 0.0848 e. The molecule has 0 aliphatic carbocycles. The summed E-state index contributed by atoms with van der Waals surface area (Å²) in [7, 11) is 3.61. The van der Waals surface area contributed by atoms with Crippen molar-refractivity contribution in [2.75, 3.05) is 20.6 Å². The Hall–Kier alpha value is -0.480. The van der Waals surface area contributed by atoms with E-state index in [2.05, 4.69) is 10.6 Å². The summed E-state index contributed by atoms with van der Waals surface area (Å²) < 4.78 is 0. The minimum Gasteiger partial charge on any atom is -0.382 e. The van der Waals surface area contributed by atoms with Crippen molar-refractivity contribution in [1.82, 2.24) is 10.6 Å². The van der Waals surface area contributed by atoms with Crippen LogP contribution < -0.4 is 10.6 Å². The van der Waals surface area contributed by atoms with Crippen LogP contribution >= 0.6 is 12.2 Å². The molecule has 1 atom stereocenters. The van der Waals surface area contributed by atoms with E-state index >= 15 is 0 Å². The van der Waals surface area contributed by atoms with Gasteiger partial charge in [0.15, 0.2) is 0 Å². The Morgan fingerprint density at radius 3 is 2.60 bits per heavy atom. The highest BCUT2D eigenvalue weighted by molar-refractivity contribution is 7.80. The predicted octanol–water partition coefficient (Wildman–Crippen LogP) is 0.0184. The number of hydrogen-bond acceptors (Lipinski definition) is 3. The molecular weight excluding hydrogens is 146 g/mol. The molecule has 0 aliphatic rings. The maximum absolute atomic E-state index is 7.00. The van der Waals surface area contributed by atoms with Gasteiger partial charge in [-0.05, 0) is 7.05 Å². The molecule has 0 fully saturated rings. The SMILES string of the molecule is CNCC(C=N)C(=S)NC. The molecule has 0 heterocycles. The van der Waals surface area contributed by atoms with Gasteiger partial charge in [-0.15, -0.1) is 0 Å². The van der Waals surface area contributed by atoms with Crippen molar-refractivity contribution < 1.29 is 0 Å². The highest BCUT2D eigenvalue weighted by Crippen LogP contribution is 1.90. The summed E-state index contributed by atoms with van der Waals surface area (Å²) in [4.78, 5) is 0.712. The van der Waals surface area contributed by atoms with E-state index in [0.717, 1.165) is 6.54 Å². The topological polar surface area (TPSA) is 47.9 Å². The Labute approximate surface area is 66.7 Å². The number of hydrogen-bond donors (Lipinski definition) is 3. The highest BCUT2D eigenvalue weighted by Gasteiger charge is 2.07. The first-order valence-corrected chi connectivity index (χ1v) is 3.53. The standard InChI is InChI=1S/C6H13N3S/c1-8-4-5(3-7)6(10)9-2/h3,5,7-8H,4H2,1-2H3,(H,9,10). The third-order valence-electron chi connectivity index (χ3n) is 1.21. The van der Waals surface area contributed by atoms with E-state index in [9.17, 15) is 0 Å². The van der Waals surface area contributed by atoms with Gasteiger partial charge in [-0.1, -0.05) is 12.2 Å². The lowest BCUT2D eigenvalue weighted by atomic mass is 10.1. The number of thiocarbonyl (C=S) groups is 1. The van der Waals surface area contributed by atoms with Crippen LogP contribution in [0.3, 0.4) is 0 Å². The fourth-order valence-electron chi connectivity index (χ4n) is 0.633. The average molecular weight is 159 g/mol. The molecule has 0 aromatic carbocycles. The van der Waals surface area contributed by atoms with Gasteiger partial charge in [0.2, 0.25) is 0 Å². The van der Waals surface area contributed by atoms with Crippen molar-refractivity contribution in [1.29, 1.82) is 5.41 Å². The summed E-state index contributed by atoms with van der Waals surface area (Å²) in [5.74, 6) is 0.0324. The van der Waals surface area contributed by atoms with Gasteiger partial charge in [0.05, 0.1) is 10.9 Å². The van der Waals surface area contributed by atoms with Gasteiger partial charge in [0.25, 0.3) is 0 Å². The molecule has 4 heteroatoms. The van der Waals surface area contributed by atoms with Crippen LogP contribution in [0.4, 0.5) is 0 Å². The summed E-state index contributed by atoms with van der Waals surface area (Å²) in [6.45, 7) is 0.725. The van der Waals surface area contributed by atoms with Crippen LogP contribution in [-0.4, -0.2) is 31.8 Å². The van der Waals surface area contributed by atoms with Gasteiger partial charge < -0.3 is 16.0 Å². The quantitative estimate of drug-likeness (QED) is 0.400. The fourth-order valence-corrected chi connectivity index (χ4v) is 0.784. The zero-order valence-electron chi connectivity index (χ0n) is 6.27. The Bertz CT molecular complexity index is 124. The molecule has 1 unspecified atom stereocenters. The summed E-state index contributed by atoms with van der Waals surface area (Å²) >= 11 is 4.94. The zero-order chi connectivity index (χ0) is 7.98. The Kier molecular flexibility index (Phi) is 5.06. The molecule has 58 valence electrons. The molecule has 0 aliphatic heterocycles. The first-order chi connectivity index (χ1) is 4.76. The molecule has 0 aromatic rings. The van der Waals surface area contributed by atoms with Crippen LogP contribution in [0.1, 0.15) is 0 Å². The van der Waals surface area contributed by atoms with Gasteiger partial charge in [0, 0.05) is 19.8 Å². The average Bonchev–Trinajstić information content (AvgIpc) is 1.99. The van der Waals surface area contributed by atoms with Crippen LogP contribution in [0.25, 0.3) is 0 Å². The summed E-state index contributed by atoms with van der Waals surface area (Å²) in [6.07, 6.45) is 1.34. The van der Waals surface area contributed by atoms with E-state index in [0.29, 0.717) is 4.99 Å². The van der Waals surface area contributed by atoms with Crippen molar-refractivity contribution in [3.63, 3.8) is 0 Å². The normalized spacial score (nSPS) is 12.2. The number of rotatable bonds is 4. The van der Waals surface area contributed by atoms with Crippen LogP contribution in [0.15, 0.2) is 0 Å². The van der Waals surface area contributed by atoms with E-state index in [1.165, 1.54) is 6.21 Å². The first-order valence-electron chi connectivity index (χ1n) is 3.13. The van der Waals surface area contributed by atoms with Gasteiger partial charge in [-0.3, -0.25) is 0 Å².